The molecule has 8 heteroatoms. The van der Waals surface area contributed by atoms with Gasteiger partial charge >= 0.3 is 0 Å². The number of sulfonamides is 1. The van der Waals surface area contributed by atoms with Crippen molar-refractivity contribution in [2.45, 2.75) is 31.6 Å². The van der Waals surface area contributed by atoms with Crippen LogP contribution in [0.1, 0.15) is 36.2 Å². The fraction of sp³-hybridized carbons (Fsp3) is 0.480. The van der Waals surface area contributed by atoms with Crippen LogP contribution in [0.3, 0.4) is 0 Å². The van der Waals surface area contributed by atoms with Gasteiger partial charge in [0.1, 0.15) is 0 Å². The lowest BCUT2D eigenvalue weighted by Gasteiger charge is -2.34. The Morgan fingerprint density at radius 1 is 1.00 bits per heavy atom. The average Bonchev–Trinajstić information content (AvgIpc) is 2.81. The van der Waals surface area contributed by atoms with Gasteiger partial charge in [-0.25, -0.2) is 8.42 Å². The zero-order valence-corrected chi connectivity index (χ0v) is 20.9. The quantitative estimate of drug-likeness (QED) is 0.583. The molecular weight excluding hydrogens is 440 g/mol. The zero-order chi connectivity index (χ0) is 24.2. The highest BCUT2D eigenvalue weighted by Gasteiger charge is 2.31. The number of hydrogen-bond donors (Lipinski definition) is 0. The number of amides is 1. The Hall–Kier alpha value is -2.58. The highest BCUT2D eigenvalue weighted by Crippen LogP contribution is 2.28. The smallest absolute Gasteiger partial charge is 0.253 e. The Bertz CT molecular complexity index is 1060. The molecule has 2 aromatic carbocycles. The lowest BCUT2D eigenvalue weighted by atomic mass is 9.94. The van der Waals surface area contributed by atoms with E-state index in [4.69, 9.17) is 9.47 Å². The third-order valence-electron chi connectivity index (χ3n) is 6.10. The second-order valence-electron chi connectivity index (χ2n) is 8.96. The summed E-state index contributed by atoms with van der Waals surface area (Å²) in [5.74, 6) is 1.83. The summed E-state index contributed by atoms with van der Waals surface area (Å²) in [6.07, 6.45) is 1.69. The van der Waals surface area contributed by atoms with E-state index in [0.29, 0.717) is 55.0 Å². The number of benzene rings is 2. The van der Waals surface area contributed by atoms with E-state index in [1.807, 2.05) is 18.2 Å². The van der Waals surface area contributed by atoms with E-state index in [-0.39, 0.29) is 10.8 Å². The van der Waals surface area contributed by atoms with Crippen LogP contribution in [0, 0.1) is 11.8 Å². The second kappa shape index (κ2) is 10.6. The molecular formula is C25H34N2O5S. The van der Waals surface area contributed by atoms with Crippen LogP contribution in [-0.4, -0.2) is 64.4 Å². The van der Waals surface area contributed by atoms with Crippen LogP contribution in [0.5, 0.6) is 11.5 Å². The summed E-state index contributed by atoms with van der Waals surface area (Å²) >= 11 is 0. The van der Waals surface area contributed by atoms with Gasteiger partial charge in [0.05, 0.1) is 19.1 Å². The first-order chi connectivity index (χ1) is 15.6. The van der Waals surface area contributed by atoms with Gasteiger partial charge in [0, 0.05) is 32.2 Å². The molecule has 0 radical (unpaired) electrons. The van der Waals surface area contributed by atoms with Crippen molar-refractivity contribution in [2.24, 2.45) is 11.8 Å². The van der Waals surface area contributed by atoms with Crippen molar-refractivity contribution in [3.05, 3.63) is 53.6 Å². The maximum Gasteiger partial charge on any atom is 0.253 e. The Morgan fingerprint density at radius 3 is 2.18 bits per heavy atom. The molecule has 1 amide bonds. The summed E-state index contributed by atoms with van der Waals surface area (Å²) in [6, 6.07) is 12.0. The van der Waals surface area contributed by atoms with E-state index >= 15 is 0 Å². The van der Waals surface area contributed by atoms with Crippen LogP contribution in [0.2, 0.25) is 0 Å². The molecule has 180 valence electrons. The van der Waals surface area contributed by atoms with Crippen molar-refractivity contribution >= 4 is 15.9 Å². The molecule has 33 heavy (non-hydrogen) atoms. The third-order valence-corrected chi connectivity index (χ3v) is 7.95. The van der Waals surface area contributed by atoms with Gasteiger partial charge in [-0.1, -0.05) is 19.9 Å². The van der Waals surface area contributed by atoms with Crippen molar-refractivity contribution < 1.29 is 22.7 Å². The minimum absolute atomic E-state index is 0.153. The molecule has 0 bridgehead atoms. The number of rotatable bonds is 8. The number of hydrogen-bond acceptors (Lipinski definition) is 5. The summed E-state index contributed by atoms with van der Waals surface area (Å²) in [6.45, 7) is 5.74. The highest BCUT2D eigenvalue weighted by atomic mass is 32.2. The maximum absolute atomic E-state index is 13.1. The summed E-state index contributed by atoms with van der Waals surface area (Å²) in [4.78, 5) is 14.7. The largest absolute Gasteiger partial charge is 0.493 e. The van der Waals surface area contributed by atoms with Crippen LogP contribution in [-0.2, 0) is 16.4 Å². The lowest BCUT2D eigenvalue weighted by molar-refractivity contribution is 0.0796. The molecule has 0 N–H and O–H groups in total. The first-order valence-electron chi connectivity index (χ1n) is 11.2. The third kappa shape index (κ3) is 5.86. The Morgan fingerprint density at radius 2 is 1.61 bits per heavy atom. The minimum Gasteiger partial charge on any atom is -0.493 e. The number of likely N-dealkylation sites (N-methyl/N-ethyl adjacent to an activating group) is 1. The minimum atomic E-state index is -3.56. The molecule has 1 aliphatic heterocycles. The van der Waals surface area contributed by atoms with Crippen LogP contribution in [0.15, 0.2) is 47.4 Å². The van der Waals surface area contributed by atoms with Gasteiger partial charge in [-0.3, -0.25) is 4.79 Å². The molecule has 7 nitrogen and oxygen atoms in total. The predicted octanol–water partition coefficient (Wildman–Crippen LogP) is 3.69. The van der Waals surface area contributed by atoms with Gasteiger partial charge in [0.15, 0.2) is 11.5 Å². The van der Waals surface area contributed by atoms with Crippen LogP contribution in [0.25, 0.3) is 0 Å². The predicted molar refractivity (Wildman–Crippen MR) is 128 cm³/mol. The van der Waals surface area contributed by atoms with Crippen LogP contribution >= 0.6 is 0 Å². The first kappa shape index (κ1) is 25.1. The number of ether oxygens (including phenoxy) is 2. The van der Waals surface area contributed by atoms with E-state index in [2.05, 4.69) is 13.8 Å². The van der Waals surface area contributed by atoms with E-state index in [1.165, 1.54) is 12.1 Å². The standard InChI is InChI=1S/C25H34N2O5S/c1-18-14-19(2)17-27(16-18)33(29,30)22-9-7-21(8-10-22)25(28)26(3)13-12-20-6-11-23(31-4)24(15-20)32-5/h6-11,15,18-19H,12-14,16-17H2,1-5H3. The number of piperidine rings is 1. The first-order valence-corrected chi connectivity index (χ1v) is 12.7. The molecule has 1 saturated heterocycles. The molecule has 0 aromatic heterocycles. The topological polar surface area (TPSA) is 76.2 Å². The summed E-state index contributed by atoms with van der Waals surface area (Å²) in [5, 5.41) is 0. The molecule has 2 atom stereocenters. The molecule has 0 aliphatic carbocycles. The number of carbonyl (C=O) groups excluding carboxylic acids is 1. The van der Waals surface area contributed by atoms with Gasteiger partial charge in [-0.2, -0.15) is 4.31 Å². The molecule has 0 saturated carbocycles. The van der Waals surface area contributed by atoms with Crippen LogP contribution in [0.4, 0.5) is 0 Å². The number of methoxy groups -OCH3 is 2. The monoisotopic (exact) mass is 474 g/mol. The van der Waals surface area contributed by atoms with E-state index in [0.717, 1.165) is 12.0 Å². The van der Waals surface area contributed by atoms with Crippen molar-refractivity contribution in [3.8, 4) is 11.5 Å². The van der Waals surface area contributed by atoms with Gasteiger partial charge in [-0.05, 0) is 66.6 Å². The lowest BCUT2D eigenvalue weighted by Crippen LogP contribution is -2.42. The maximum atomic E-state index is 13.1. The second-order valence-corrected chi connectivity index (χ2v) is 10.9. The average molecular weight is 475 g/mol. The Balaban J connectivity index is 1.65. The van der Waals surface area contributed by atoms with Crippen molar-refractivity contribution in [1.29, 1.82) is 0 Å². The summed E-state index contributed by atoms with van der Waals surface area (Å²) < 4.78 is 38.3. The van der Waals surface area contributed by atoms with Gasteiger partial charge in [-0.15, -0.1) is 0 Å². The van der Waals surface area contributed by atoms with E-state index < -0.39 is 10.0 Å². The fourth-order valence-electron chi connectivity index (χ4n) is 4.38. The highest BCUT2D eigenvalue weighted by molar-refractivity contribution is 7.89. The van der Waals surface area contributed by atoms with Gasteiger partial charge in [0.25, 0.3) is 5.91 Å². The van der Waals surface area contributed by atoms with E-state index in [9.17, 15) is 13.2 Å². The zero-order valence-electron chi connectivity index (χ0n) is 20.1. The molecule has 1 heterocycles. The van der Waals surface area contributed by atoms with Gasteiger partial charge < -0.3 is 14.4 Å². The van der Waals surface area contributed by atoms with Crippen molar-refractivity contribution in [2.75, 3.05) is 40.9 Å². The normalized spacial score (nSPS) is 19.2. The number of carbonyl (C=O) groups is 1. The summed E-state index contributed by atoms with van der Waals surface area (Å²) in [5.41, 5.74) is 1.49. The molecule has 1 fully saturated rings. The van der Waals surface area contributed by atoms with E-state index in [1.54, 1.807) is 42.6 Å². The number of nitrogens with zero attached hydrogens (tertiary/aromatic N) is 2. The summed E-state index contributed by atoms with van der Waals surface area (Å²) in [7, 11) is 1.36. The molecule has 2 aromatic rings. The van der Waals surface area contributed by atoms with Crippen LogP contribution < -0.4 is 9.47 Å². The van der Waals surface area contributed by atoms with Gasteiger partial charge in [0.2, 0.25) is 10.0 Å². The molecule has 2 unspecified atom stereocenters. The molecule has 3 rings (SSSR count). The molecule has 1 aliphatic rings. The Kier molecular flexibility index (Phi) is 8.02. The fourth-order valence-corrected chi connectivity index (χ4v) is 6.06. The van der Waals surface area contributed by atoms with Crippen molar-refractivity contribution in [1.82, 2.24) is 9.21 Å². The van der Waals surface area contributed by atoms with Crippen molar-refractivity contribution in [3.63, 3.8) is 0 Å². The Labute approximate surface area is 197 Å². The molecule has 0 spiro atoms. The SMILES string of the molecule is COc1ccc(CCN(C)C(=O)c2ccc(S(=O)(=O)N3CC(C)CC(C)C3)cc2)cc1OC.